The third-order valence-electron chi connectivity index (χ3n) is 3.13. The van der Waals surface area contributed by atoms with Crippen molar-refractivity contribution in [3.63, 3.8) is 0 Å². The normalized spacial score (nSPS) is 10.6. The summed E-state index contributed by atoms with van der Waals surface area (Å²) in [6.45, 7) is 0. The predicted molar refractivity (Wildman–Crippen MR) is 90.5 cm³/mol. The number of methoxy groups -OCH3 is 1. The van der Waals surface area contributed by atoms with Crippen LogP contribution in [0.25, 0.3) is 0 Å². The van der Waals surface area contributed by atoms with Crippen LogP contribution in [-0.4, -0.2) is 24.2 Å². The van der Waals surface area contributed by atoms with E-state index in [4.69, 9.17) is 16.3 Å². The molecule has 7 nitrogen and oxygen atoms in total. The van der Waals surface area contributed by atoms with Gasteiger partial charge in [0.05, 0.1) is 30.2 Å². The molecule has 24 heavy (non-hydrogen) atoms. The number of hydrogen-bond acceptors (Lipinski definition) is 5. The van der Waals surface area contributed by atoms with Gasteiger partial charge >= 0.3 is 0 Å². The van der Waals surface area contributed by atoms with Gasteiger partial charge in [0.1, 0.15) is 5.75 Å². The lowest BCUT2D eigenvalue weighted by molar-refractivity contribution is -0.385. The maximum absolute atomic E-state index is 11.9. The van der Waals surface area contributed by atoms with E-state index in [1.807, 2.05) is 0 Å². The maximum Gasteiger partial charge on any atom is 0.278 e. The molecular formula is C16H14ClN3O4. The highest BCUT2D eigenvalue weighted by Gasteiger charge is 2.11. The minimum Gasteiger partial charge on any atom is -0.497 e. The molecule has 2 aromatic carbocycles. The van der Waals surface area contributed by atoms with Crippen molar-refractivity contribution in [3.05, 3.63) is 68.7 Å². The minimum absolute atomic E-state index is 0.00422. The van der Waals surface area contributed by atoms with Crippen molar-refractivity contribution in [1.82, 2.24) is 5.43 Å². The number of carbonyl (C=O) groups excluding carboxylic acids is 1. The van der Waals surface area contributed by atoms with E-state index >= 15 is 0 Å². The molecule has 0 aliphatic carbocycles. The van der Waals surface area contributed by atoms with Crippen molar-refractivity contribution < 1.29 is 14.5 Å². The van der Waals surface area contributed by atoms with Crippen molar-refractivity contribution in [1.29, 1.82) is 0 Å². The van der Waals surface area contributed by atoms with Crippen molar-refractivity contribution in [2.45, 2.75) is 6.42 Å². The lowest BCUT2D eigenvalue weighted by Gasteiger charge is -2.06. The van der Waals surface area contributed by atoms with Gasteiger partial charge in [-0.1, -0.05) is 23.7 Å². The molecule has 0 spiro atoms. The molecule has 0 radical (unpaired) electrons. The van der Waals surface area contributed by atoms with Crippen molar-refractivity contribution in [2.24, 2.45) is 5.10 Å². The van der Waals surface area contributed by atoms with E-state index in [0.717, 1.165) is 0 Å². The van der Waals surface area contributed by atoms with Crippen LogP contribution < -0.4 is 10.2 Å². The zero-order chi connectivity index (χ0) is 17.5. The number of ether oxygens (including phenoxy) is 1. The molecule has 1 N–H and O–H groups in total. The van der Waals surface area contributed by atoms with Crippen molar-refractivity contribution >= 4 is 29.4 Å². The number of nitrogens with one attached hydrogen (secondary N) is 1. The van der Waals surface area contributed by atoms with E-state index in [1.54, 1.807) is 30.3 Å². The summed E-state index contributed by atoms with van der Waals surface area (Å²) in [7, 11) is 1.52. The van der Waals surface area contributed by atoms with Crippen LogP contribution in [0.2, 0.25) is 5.02 Å². The molecule has 0 atom stereocenters. The number of hydrogen-bond donors (Lipinski definition) is 1. The van der Waals surface area contributed by atoms with Crippen LogP contribution in [0.3, 0.4) is 0 Å². The molecule has 0 saturated heterocycles. The minimum atomic E-state index is -0.515. The number of nitrogens with zero attached hydrogens (tertiary/aromatic N) is 2. The van der Waals surface area contributed by atoms with Crippen LogP contribution in [0, 0.1) is 10.1 Å². The average molecular weight is 348 g/mol. The summed E-state index contributed by atoms with van der Waals surface area (Å²) in [6, 6.07) is 11.1. The lowest BCUT2D eigenvalue weighted by Crippen LogP contribution is -2.20. The van der Waals surface area contributed by atoms with Crippen LogP contribution in [0.5, 0.6) is 5.75 Å². The summed E-state index contributed by atoms with van der Waals surface area (Å²) in [5.74, 6) is 0.186. The fourth-order valence-electron chi connectivity index (χ4n) is 1.96. The monoisotopic (exact) mass is 347 g/mol. The Hall–Kier alpha value is -2.93. The summed E-state index contributed by atoms with van der Waals surface area (Å²) in [5.41, 5.74) is 3.11. The van der Waals surface area contributed by atoms with Gasteiger partial charge in [-0.05, 0) is 29.8 Å². The molecule has 0 aromatic heterocycles. The smallest absolute Gasteiger partial charge is 0.278 e. The Balaban J connectivity index is 2.03. The van der Waals surface area contributed by atoms with E-state index in [-0.39, 0.29) is 12.1 Å². The molecule has 0 unspecified atom stereocenters. The Kier molecular flexibility index (Phi) is 5.86. The van der Waals surface area contributed by atoms with Crippen LogP contribution in [0.15, 0.2) is 47.6 Å². The summed E-state index contributed by atoms with van der Waals surface area (Å²) in [5, 5.41) is 15.1. The Morgan fingerprint density at radius 3 is 2.83 bits per heavy atom. The second-order valence-corrected chi connectivity index (χ2v) is 5.15. The molecule has 2 rings (SSSR count). The van der Waals surface area contributed by atoms with Gasteiger partial charge in [0.2, 0.25) is 5.91 Å². The fraction of sp³-hybridized carbons (Fsp3) is 0.125. The standard InChI is InChI=1S/C16H14ClN3O4/c1-24-13-6-7-14(17)12(8-13)9-16(21)19-18-10-11-4-2-3-5-15(11)20(22)23/h2-8,10H,9H2,1H3,(H,19,21)/b18-10+. The van der Waals surface area contributed by atoms with E-state index in [0.29, 0.717) is 21.9 Å². The molecule has 0 aliphatic rings. The van der Waals surface area contributed by atoms with Gasteiger partial charge in [0, 0.05) is 11.1 Å². The Labute approximate surface area is 143 Å². The quantitative estimate of drug-likeness (QED) is 0.494. The van der Waals surface area contributed by atoms with Crippen LogP contribution >= 0.6 is 11.6 Å². The molecular weight excluding hydrogens is 334 g/mol. The number of nitro benzene ring substituents is 1. The molecule has 8 heteroatoms. The Morgan fingerprint density at radius 1 is 1.38 bits per heavy atom. The first-order valence-electron chi connectivity index (χ1n) is 6.89. The van der Waals surface area contributed by atoms with Gasteiger partial charge in [-0.3, -0.25) is 14.9 Å². The molecule has 2 aromatic rings. The van der Waals surface area contributed by atoms with Gasteiger partial charge in [0.15, 0.2) is 0 Å². The molecule has 0 heterocycles. The average Bonchev–Trinajstić information content (AvgIpc) is 2.57. The van der Waals surface area contributed by atoms with Gasteiger partial charge in [0.25, 0.3) is 5.69 Å². The Morgan fingerprint density at radius 2 is 2.12 bits per heavy atom. The van der Waals surface area contributed by atoms with E-state index in [9.17, 15) is 14.9 Å². The van der Waals surface area contributed by atoms with Crippen molar-refractivity contribution in [3.8, 4) is 5.75 Å². The number of amides is 1. The topological polar surface area (TPSA) is 93.8 Å². The van der Waals surface area contributed by atoms with Crippen LogP contribution in [0.1, 0.15) is 11.1 Å². The summed E-state index contributed by atoms with van der Waals surface area (Å²) in [4.78, 5) is 22.3. The maximum atomic E-state index is 11.9. The predicted octanol–water partition coefficient (Wildman–Crippen LogP) is 2.95. The van der Waals surface area contributed by atoms with Gasteiger partial charge in [-0.2, -0.15) is 5.10 Å². The summed E-state index contributed by atoms with van der Waals surface area (Å²) >= 11 is 6.03. The molecule has 0 saturated carbocycles. The van der Waals surface area contributed by atoms with Gasteiger partial charge in [-0.15, -0.1) is 0 Å². The van der Waals surface area contributed by atoms with Gasteiger partial charge in [-0.25, -0.2) is 5.43 Å². The highest BCUT2D eigenvalue weighted by molar-refractivity contribution is 6.31. The SMILES string of the molecule is COc1ccc(Cl)c(CC(=O)N/N=C/c2ccccc2[N+](=O)[O-])c1. The first-order valence-corrected chi connectivity index (χ1v) is 7.27. The number of carbonyl (C=O) groups is 1. The van der Waals surface area contributed by atoms with Crippen molar-refractivity contribution in [2.75, 3.05) is 7.11 Å². The summed E-state index contributed by atoms with van der Waals surface area (Å²) in [6.07, 6.45) is 1.23. The highest BCUT2D eigenvalue weighted by Crippen LogP contribution is 2.22. The highest BCUT2D eigenvalue weighted by atomic mass is 35.5. The Bertz CT molecular complexity index is 793. The number of nitro groups is 1. The zero-order valence-electron chi connectivity index (χ0n) is 12.7. The van der Waals surface area contributed by atoms with Crippen LogP contribution in [-0.2, 0) is 11.2 Å². The van der Waals surface area contributed by atoms with E-state index in [2.05, 4.69) is 10.5 Å². The first kappa shape index (κ1) is 17.4. The molecule has 1 amide bonds. The van der Waals surface area contributed by atoms with E-state index < -0.39 is 10.8 Å². The number of halogens is 1. The van der Waals surface area contributed by atoms with Crippen LogP contribution in [0.4, 0.5) is 5.69 Å². The molecule has 124 valence electrons. The summed E-state index contributed by atoms with van der Waals surface area (Å²) < 4.78 is 5.08. The number of hydrazone groups is 1. The molecule has 0 fully saturated rings. The van der Waals surface area contributed by atoms with Gasteiger partial charge < -0.3 is 4.74 Å². The number of rotatable bonds is 6. The number of para-hydroxylation sites is 1. The second-order valence-electron chi connectivity index (χ2n) is 4.74. The lowest BCUT2D eigenvalue weighted by atomic mass is 10.1. The number of benzene rings is 2. The third kappa shape index (κ3) is 4.53. The fourth-order valence-corrected chi connectivity index (χ4v) is 2.15. The third-order valence-corrected chi connectivity index (χ3v) is 3.50. The zero-order valence-corrected chi connectivity index (χ0v) is 13.5. The largest absolute Gasteiger partial charge is 0.497 e. The second kappa shape index (κ2) is 8.07. The molecule has 0 aliphatic heterocycles. The van der Waals surface area contributed by atoms with E-state index in [1.165, 1.54) is 25.5 Å². The molecule has 0 bridgehead atoms. The first-order chi connectivity index (χ1) is 11.5.